The lowest BCUT2D eigenvalue weighted by atomic mass is 10.2. The van der Waals surface area contributed by atoms with Gasteiger partial charge in [-0.15, -0.1) is 10.2 Å². The van der Waals surface area contributed by atoms with E-state index >= 15 is 0 Å². The summed E-state index contributed by atoms with van der Waals surface area (Å²) in [5.74, 6) is 7.71. The molecular formula is C20H23N5O3S. The van der Waals surface area contributed by atoms with Crippen LogP contribution in [-0.4, -0.2) is 33.6 Å². The van der Waals surface area contributed by atoms with E-state index in [0.29, 0.717) is 35.6 Å². The van der Waals surface area contributed by atoms with Crippen molar-refractivity contribution in [3.8, 4) is 11.5 Å². The van der Waals surface area contributed by atoms with Crippen molar-refractivity contribution >= 4 is 17.7 Å². The number of carbonyl (C=O) groups is 1. The number of nitrogens with two attached hydrogens (primary N) is 1. The topological polar surface area (TPSA) is 104 Å². The number of nitrogens with zero attached hydrogens (tertiary/aromatic N) is 3. The van der Waals surface area contributed by atoms with Crippen LogP contribution in [0.1, 0.15) is 17.0 Å². The summed E-state index contributed by atoms with van der Waals surface area (Å²) in [6.45, 7) is 2.58. The fourth-order valence-electron chi connectivity index (χ4n) is 2.51. The molecule has 0 saturated carbocycles. The highest BCUT2D eigenvalue weighted by Gasteiger charge is 2.11. The second kappa shape index (κ2) is 9.83. The van der Waals surface area contributed by atoms with Crippen molar-refractivity contribution < 1.29 is 14.3 Å². The van der Waals surface area contributed by atoms with E-state index in [1.54, 1.807) is 14.0 Å². The smallest absolute Gasteiger partial charge is 0.230 e. The highest BCUT2D eigenvalue weighted by atomic mass is 32.2. The van der Waals surface area contributed by atoms with Crippen LogP contribution in [0.3, 0.4) is 0 Å². The minimum Gasteiger partial charge on any atom is -0.493 e. The van der Waals surface area contributed by atoms with Crippen molar-refractivity contribution in [3.63, 3.8) is 0 Å². The van der Waals surface area contributed by atoms with Gasteiger partial charge in [-0.1, -0.05) is 48.2 Å². The Kier molecular flexibility index (Phi) is 6.96. The number of nitrogens with one attached hydrogen (secondary N) is 1. The third-order valence-electron chi connectivity index (χ3n) is 4.12. The summed E-state index contributed by atoms with van der Waals surface area (Å²) >= 11 is 1.23. The molecule has 0 saturated heterocycles. The van der Waals surface area contributed by atoms with Crippen molar-refractivity contribution in [1.82, 2.24) is 20.2 Å². The number of thioether (sulfide) groups is 1. The van der Waals surface area contributed by atoms with Crippen LogP contribution >= 0.6 is 11.8 Å². The van der Waals surface area contributed by atoms with E-state index < -0.39 is 0 Å². The first-order valence-electron chi connectivity index (χ1n) is 8.97. The molecule has 3 rings (SSSR count). The van der Waals surface area contributed by atoms with Gasteiger partial charge in [-0.25, -0.2) is 4.68 Å². The van der Waals surface area contributed by atoms with E-state index in [4.69, 9.17) is 15.3 Å². The number of benzene rings is 2. The van der Waals surface area contributed by atoms with Crippen LogP contribution in [0.25, 0.3) is 0 Å². The zero-order valence-corrected chi connectivity index (χ0v) is 17.1. The molecule has 0 bridgehead atoms. The molecule has 0 aliphatic carbocycles. The average molecular weight is 414 g/mol. The van der Waals surface area contributed by atoms with Crippen molar-refractivity contribution in [3.05, 3.63) is 65.5 Å². The van der Waals surface area contributed by atoms with Gasteiger partial charge in [-0.3, -0.25) is 4.79 Å². The van der Waals surface area contributed by atoms with E-state index in [9.17, 15) is 4.79 Å². The molecule has 0 spiro atoms. The van der Waals surface area contributed by atoms with Gasteiger partial charge in [-0.2, -0.15) is 0 Å². The Morgan fingerprint density at radius 1 is 1.14 bits per heavy atom. The number of methoxy groups -OCH3 is 1. The first-order chi connectivity index (χ1) is 14.1. The molecule has 3 N–H and O–H groups in total. The Hall–Kier alpha value is -3.20. The first-order valence-corrected chi connectivity index (χ1v) is 9.95. The van der Waals surface area contributed by atoms with Crippen molar-refractivity contribution in [2.24, 2.45) is 0 Å². The summed E-state index contributed by atoms with van der Waals surface area (Å²) in [7, 11) is 1.59. The van der Waals surface area contributed by atoms with E-state index in [-0.39, 0.29) is 11.7 Å². The zero-order chi connectivity index (χ0) is 20.6. The van der Waals surface area contributed by atoms with Gasteiger partial charge in [0.2, 0.25) is 11.1 Å². The monoisotopic (exact) mass is 413 g/mol. The molecule has 0 unspecified atom stereocenters. The van der Waals surface area contributed by atoms with Crippen LogP contribution < -0.4 is 20.6 Å². The summed E-state index contributed by atoms with van der Waals surface area (Å²) in [6.07, 6.45) is 0. The van der Waals surface area contributed by atoms with Crippen molar-refractivity contribution in [2.45, 2.75) is 25.2 Å². The van der Waals surface area contributed by atoms with Gasteiger partial charge < -0.3 is 20.6 Å². The number of aryl methyl sites for hydroxylation is 1. The number of hydrogen-bond acceptors (Lipinski definition) is 7. The maximum absolute atomic E-state index is 12.1. The largest absolute Gasteiger partial charge is 0.493 e. The predicted octanol–water partition coefficient (Wildman–Crippen LogP) is 2.30. The third kappa shape index (κ3) is 5.64. The number of amides is 1. The molecule has 8 nitrogen and oxygen atoms in total. The fraction of sp³-hybridized carbons (Fsp3) is 0.250. The molecule has 0 aliphatic rings. The Balaban J connectivity index is 1.51. The predicted molar refractivity (Wildman–Crippen MR) is 111 cm³/mol. The molecular weight excluding hydrogens is 390 g/mol. The van der Waals surface area contributed by atoms with Gasteiger partial charge in [0.15, 0.2) is 11.5 Å². The molecule has 0 radical (unpaired) electrons. The van der Waals surface area contributed by atoms with E-state index in [1.165, 1.54) is 16.4 Å². The lowest BCUT2D eigenvalue weighted by Crippen LogP contribution is -2.25. The normalized spacial score (nSPS) is 10.6. The second-order valence-electron chi connectivity index (χ2n) is 6.22. The van der Waals surface area contributed by atoms with Gasteiger partial charge in [-0.05, 0) is 30.2 Å². The summed E-state index contributed by atoms with van der Waals surface area (Å²) in [4.78, 5) is 12.1. The second-order valence-corrected chi connectivity index (χ2v) is 7.17. The molecule has 0 aliphatic heterocycles. The zero-order valence-electron chi connectivity index (χ0n) is 16.3. The fourth-order valence-corrected chi connectivity index (χ4v) is 3.24. The molecule has 1 aromatic heterocycles. The molecule has 3 aromatic rings. The summed E-state index contributed by atoms with van der Waals surface area (Å²) in [5, 5.41) is 11.1. The number of rotatable bonds is 9. The Morgan fingerprint density at radius 2 is 1.93 bits per heavy atom. The highest BCUT2D eigenvalue weighted by Crippen LogP contribution is 2.29. The Bertz CT molecular complexity index is 962. The van der Waals surface area contributed by atoms with Crippen molar-refractivity contribution in [1.29, 1.82) is 0 Å². The van der Waals surface area contributed by atoms with Gasteiger partial charge >= 0.3 is 0 Å². The Labute approximate surface area is 173 Å². The van der Waals surface area contributed by atoms with Gasteiger partial charge in [0.1, 0.15) is 12.4 Å². The van der Waals surface area contributed by atoms with Crippen LogP contribution in [0.15, 0.2) is 53.7 Å². The molecule has 29 heavy (non-hydrogen) atoms. The van der Waals surface area contributed by atoms with Crippen molar-refractivity contribution in [2.75, 3.05) is 18.7 Å². The van der Waals surface area contributed by atoms with E-state index in [1.807, 2.05) is 48.5 Å². The number of ether oxygens (including phenoxy) is 2. The highest BCUT2D eigenvalue weighted by molar-refractivity contribution is 7.99. The number of aromatic nitrogens is 3. The maximum atomic E-state index is 12.1. The van der Waals surface area contributed by atoms with E-state index in [2.05, 4.69) is 15.5 Å². The van der Waals surface area contributed by atoms with E-state index in [0.717, 1.165) is 11.1 Å². The molecule has 1 heterocycles. The summed E-state index contributed by atoms with van der Waals surface area (Å²) in [5.41, 5.74) is 1.98. The lowest BCUT2D eigenvalue weighted by Gasteiger charge is -2.13. The summed E-state index contributed by atoms with van der Waals surface area (Å²) in [6, 6.07) is 15.5. The van der Waals surface area contributed by atoms with Gasteiger partial charge in [0, 0.05) is 6.54 Å². The molecule has 152 valence electrons. The van der Waals surface area contributed by atoms with Gasteiger partial charge in [0.05, 0.1) is 12.9 Å². The number of hydrogen-bond donors (Lipinski definition) is 2. The third-order valence-corrected chi connectivity index (χ3v) is 5.07. The van der Waals surface area contributed by atoms with Crippen LogP contribution in [0.5, 0.6) is 11.5 Å². The quantitative estimate of drug-likeness (QED) is 0.410. The standard InChI is InChI=1S/C20H23N5O3S/c1-14-23-24-20(25(14)21)29-13-19(26)22-11-16-8-9-17(18(10-16)27-2)28-12-15-6-4-3-5-7-15/h3-10H,11-13,21H2,1-2H3,(H,22,26). The van der Waals surface area contributed by atoms with Crippen LogP contribution in [0.4, 0.5) is 0 Å². The van der Waals surface area contributed by atoms with Crippen LogP contribution in [0.2, 0.25) is 0 Å². The minimum absolute atomic E-state index is 0.126. The molecule has 9 heteroatoms. The number of carbonyl (C=O) groups excluding carboxylic acids is 1. The van der Waals surface area contributed by atoms with Crippen LogP contribution in [0, 0.1) is 6.92 Å². The maximum Gasteiger partial charge on any atom is 0.230 e. The molecule has 2 aromatic carbocycles. The average Bonchev–Trinajstić information content (AvgIpc) is 3.07. The molecule has 0 atom stereocenters. The SMILES string of the molecule is COc1cc(CNC(=O)CSc2nnc(C)n2N)ccc1OCc1ccccc1. The lowest BCUT2D eigenvalue weighted by molar-refractivity contribution is -0.118. The molecule has 1 amide bonds. The minimum atomic E-state index is -0.126. The molecule has 0 fully saturated rings. The first kappa shape index (κ1) is 20.5. The summed E-state index contributed by atoms with van der Waals surface area (Å²) < 4.78 is 12.6. The number of nitrogen functional groups attached to an aromatic ring is 1. The van der Waals surface area contributed by atoms with Crippen LogP contribution in [-0.2, 0) is 17.9 Å². The Morgan fingerprint density at radius 3 is 2.62 bits per heavy atom. The van der Waals surface area contributed by atoms with Gasteiger partial charge in [0.25, 0.3) is 0 Å².